The summed E-state index contributed by atoms with van der Waals surface area (Å²) < 4.78 is 18.3. The van der Waals surface area contributed by atoms with E-state index in [-0.39, 0.29) is 11.9 Å². The maximum absolute atomic E-state index is 13.6. The standard InChI is InChI=1S/C17H25FN2O2/c1-13(7-8-14-5-3-4-6-16(14)18)19-15-9-11-20(12-10-15)17(21)22-2/h3-6,13,15,19H,7-12H2,1-2H3. The largest absolute Gasteiger partial charge is 0.453 e. The fourth-order valence-electron chi connectivity index (χ4n) is 2.92. The van der Waals surface area contributed by atoms with Gasteiger partial charge in [0, 0.05) is 25.2 Å². The van der Waals surface area contributed by atoms with Crippen LogP contribution in [0.5, 0.6) is 0 Å². The van der Waals surface area contributed by atoms with E-state index >= 15 is 0 Å². The molecule has 1 aromatic rings. The number of hydrogen-bond donors (Lipinski definition) is 1. The molecule has 0 bridgehead atoms. The van der Waals surface area contributed by atoms with Gasteiger partial charge in [-0.2, -0.15) is 0 Å². The molecule has 0 radical (unpaired) electrons. The Balaban J connectivity index is 1.71. The van der Waals surface area contributed by atoms with Crippen LogP contribution in [-0.2, 0) is 11.2 Å². The number of ether oxygens (including phenoxy) is 1. The molecule has 1 aliphatic rings. The van der Waals surface area contributed by atoms with E-state index in [0.717, 1.165) is 44.3 Å². The highest BCUT2D eigenvalue weighted by Gasteiger charge is 2.23. The number of hydrogen-bond acceptors (Lipinski definition) is 3. The molecule has 0 saturated carbocycles. The van der Waals surface area contributed by atoms with Crippen LogP contribution in [0.2, 0.25) is 0 Å². The average molecular weight is 308 g/mol. The predicted octanol–water partition coefficient (Wildman–Crippen LogP) is 2.97. The Hall–Kier alpha value is -1.62. The summed E-state index contributed by atoms with van der Waals surface area (Å²) >= 11 is 0. The molecule has 1 heterocycles. The molecular weight excluding hydrogens is 283 g/mol. The van der Waals surface area contributed by atoms with E-state index in [1.165, 1.54) is 13.2 Å². The molecule has 22 heavy (non-hydrogen) atoms. The van der Waals surface area contributed by atoms with Crippen molar-refractivity contribution in [2.75, 3.05) is 20.2 Å². The van der Waals surface area contributed by atoms with Crippen molar-refractivity contribution < 1.29 is 13.9 Å². The van der Waals surface area contributed by atoms with E-state index in [1.54, 1.807) is 11.0 Å². The van der Waals surface area contributed by atoms with Gasteiger partial charge in [0.15, 0.2) is 0 Å². The lowest BCUT2D eigenvalue weighted by molar-refractivity contribution is 0.109. The first-order valence-corrected chi connectivity index (χ1v) is 7.92. The van der Waals surface area contributed by atoms with Gasteiger partial charge in [-0.1, -0.05) is 18.2 Å². The second-order valence-corrected chi connectivity index (χ2v) is 5.93. The quantitative estimate of drug-likeness (QED) is 0.909. The summed E-state index contributed by atoms with van der Waals surface area (Å²) in [5, 5.41) is 3.58. The second-order valence-electron chi connectivity index (χ2n) is 5.93. The van der Waals surface area contributed by atoms with Crippen LogP contribution in [0.3, 0.4) is 0 Å². The maximum Gasteiger partial charge on any atom is 0.409 e. The lowest BCUT2D eigenvalue weighted by Crippen LogP contribution is -2.47. The second kappa shape index (κ2) is 8.13. The van der Waals surface area contributed by atoms with E-state index in [0.29, 0.717) is 12.1 Å². The summed E-state index contributed by atoms with van der Waals surface area (Å²) in [6.45, 7) is 3.59. The Kier molecular flexibility index (Phi) is 6.19. The normalized spacial score (nSPS) is 17.3. The van der Waals surface area contributed by atoms with Gasteiger partial charge in [0.25, 0.3) is 0 Å². The third kappa shape index (κ3) is 4.70. The van der Waals surface area contributed by atoms with Gasteiger partial charge < -0.3 is 15.0 Å². The van der Waals surface area contributed by atoms with Gasteiger partial charge in [-0.05, 0) is 44.2 Å². The first-order valence-electron chi connectivity index (χ1n) is 7.92. The van der Waals surface area contributed by atoms with Crippen molar-refractivity contribution in [3.8, 4) is 0 Å². The Morgan fingerprint density at radius 3 is 2.73 bits per heavy atom. The zero-order chi connectivity index (χ0) is 15.9. The first kappa shape index (κ1) is 16.7. The maximum atomic E-state index is 13.6. The number of carbonyl (C=O) groups is 1. The van der Waals surface area contributed by atoms with Crippen LogP contribution in [0.1, 0.15) is 31.7 Å². The zero-order valence-corrected chi connectivity index (χ0v) is 13.3. The van der Waals surface area contributed by atoms with E-state index in [4.69, 9.17) is 4.74 Å². The molecular formula is C17H25FN2O2. The topological polar surface area (TPSA) is 41.6 Å². The van der Waals surface area contributed by atoms with E-state index in [9.17, 15) is 9.18 Å². The van der Waals surface area contributed by atoms with Gasteiger partial charge in [0.05, 0.1) is 7.11 Å². The molecule has 1 unspecified atom stereocenters. The summed E-state index contributed by atoms with van der Waals surface area (Å²) in [6, 6.07) is 7.69. The van der Waals surface area contributed by atoms with Crippen LogP contribution >= 0.6 is 0 Å². The number of likely N-dealkylation sites (tertiary alicyclic amines) is 1. The molecule has 1 amide bonds. The summed E-state index contributed by atoms with van der Waals surface area (Å²) in [5.41, 5.74) is 0.775. The minimum atomic E-state index is -0.244. The molecule has 0 spiro atoms. The summed E-state index contributed by atoms with van der Waals surface area (Å²) in [4.78, 5) is 13.2. The van der Waals surface area contributed by atoms with Crippen LogP contribution < -0.4 is 5.32 Å². The predicted molar refractivity (Wildman–Crippen MR) is 84.3 cm³/mol. The lowest BCUT2D eigenvalue weighted by Gasteiger charge is -2.33. The number of halogens is 1. The molecule has 2 rings (SSSR count). The van der Waals surface area contributed by atoms with Gasteiger partial charge in [-0.3, -0.25) is 0 Å². The molecule has 1 saturated heterocycles. The smallest absolute Gasteiger partial charge is 0.409 e. The van der Waals surface area contributed by atoms with Crippen molar-refractivity contribution in [1.29, 1.82) is 0 Å². The third-order valence-corrected chi connectivity index (χ3v) is 4.25. The molecule has 4 nitrogen and oxygen atoms in total. The highest BCUT2D eigenvalue weighted by molar-refractivity contribution is 5.67. The highest BCUT2D eigenvalue weighted by Crippen LogP contribution is 2.14. The highest BCUT2D eigenvalue weighted by atomic mass is 19.1. The number of aryl methyl sites for hydroxylation is 1. The molecule has 0 aromatic heterocycles. The van der Waals surface area contributed by atoms with Crippen LogP contribution in [-0.4, -0.2) is 43.3 Å². The summed E-state index contributed by atoms with van der Waals surface area (Å²) in [6.07, 6.45) is 3.25. The minimum Gasteiger partial charge on any atom is -0.453 e. The van der Waals surface area contributed by atoms with E-state index < -0.39 is 0 Å². The zero-order valence-electron chi connectivity index (χ0n) is 13.3. The lowest BCUT2D eigenvalue weighted by atomic mass is 10.0. The number of carbonyl (C=O) groups excluding carboxylic acids is 1. The fraction of sp³-hybridized carbons (Fsp3) is 0.588. The fourth-order valence-corrected chi connectivity index (χ4v) is 2.92. The number of methoxy groups -OCH3 is 1. The van der Waals surface area contributed by atoms with Crippen molar-refractivity contribution >= 4 is 6.09 Å². The average Bonchev–Trinajstić information content (AvgIpc) is 2.54. The Bertz CT molecular complexity index is 487. The number of amides is 1. The molecule has 1 N–H and O–H groups in total. The molecule has 122 valence electrons. The van der Waals surface area contributed by atoms with Crippen LogP contribution in [0.4, 0.5) is 9.18 Å². The van der Waals surface area contributed by atoms with Crippen molar-refractivity contribution in [2.45, 2.75) is 44.7 Å². The van der Waals surface area contributed by atoms with Crippen molar-refractivity contribution in [1.82, 2.24) is 10.2 Å². The SMILES string of the molecule is COC(=O)N1CCC(NC(C)CCc2ccccc2F)CC1. The van der Waals surface area contributed by atoms with Gasteiger partial charge in [-0.15, -0.1) is 0 Å². The van der Waals surface area contributed by atoms with Gasteiger partial charge in [0.1, 0.15) is 5.82 Å². The molecule has 1 aromatic carbocycles. The first-order chi connectivity index (χ1) is 10.6. The Morgan fingerprint density at radius 1 is 1.41 bits per heavy atom. The van der Waals surface area contributed by atoms with Crippen molar-refractivity contribution in [3.05, 3.63) is 35.6 Å². The summed E-state index contributed by atoms with van der Waals surface area (Å²) in [5.74, 6) is -0.124. The third-order valence-electron chi connectivity index (χ3n) is 4.25. The molecule has 1 atom stereocenters. The van der Waals surface area contributed by atoms with Crippen LogP contribution in [0.15, 0.2) is 24.3 Å². The van der Waals surface area contributed by atoms with E-state index in [2.05, 4.69) is 12.2 Å². The van der Waals surface area contributed by atoms with Crippen LogP contribution in [0.25, 0.3) is 0 Å². The molecule has 0 aliphatic carbocycles. The van der Waals surface area contributed by atoms with Crippen molar-refractivity contribution in [2.24, 2.45) is 0 Å². The van der Waals surface area contributed by atoms with Gasteiger partial charge in [0.2, 0.25) is 0 Å². The molecule has 1 aliphatic heterocycles. The van der Waals surface area contributed by atoms with Crippen LogP contribution in [0, 0.1) is 5.82 Å². The molecule has 1 fully saturated rings. The number of nitrogens with one attached hydrogen (secondary N) is 1. The van der Waals surface area contributed by atoms with E-state index in [1.807, 2.05) is 12.1 Å². The number of piperidine rings is 1. The van der Waals surface area contributed by atoms with Gasteiger partial charge in [-0.25, -0.2) is 9.18 Å². The van der Waals surface area contributed by atoms with Crippen molar-refractivity contribution in [3.63, 3.8) is 0 Å². The summed E-state index contributed by atoms with van der Waals surface area (Å²) in [7, 11) is 1.41. The van der Waals surface area contributed by atoms with Gasteiger partial charge >= 0.3 is 6.09 Å². The Labute approximate surface area is 131 Å². The molecule has 5 heteroatoms. The monoisotopic (exact) mass is 308 g/mol. The Morgan fingerprint density at radius 2 is 2.09 bits per heavy atom. The number of rotatable bonds is 5. The minimum absolute atomic E-state index is 0.124. The number of nitrogens with zero attached hydrogens (tertiary/aromatic N) is 1. The number of benzene rings is 1.